The van der Waals surface area contributed by atoms with Crippen molar-refractivity contribution < 1.29 is 5.11 Å². The number of aromatic hydroxyl groups is 1. The van der Waals surface area contributed by atoms with E-state index < -0.39 is 0 Å². The minimum absolute atomic E-state index is 0.479. The van der Waals surface area contributed by atoms with Gasteiger partial charge in [-0.05, 0) is 36.0 Å². The largest absolute Gasteiger partial charge is 0.508 e. The zero-order valence-corrected chi connectivity index (χ0v) is 6.67. The molecule has 0 spiro atoms. The second-order valence-corrected chi connectivity index (χ2v) is 3.28. The van der Waals surface area contributed by atoms with E-state index >= 15 is 0 Å². The van der Waals surface area contributed by atoms with Gasteiger partial charge in [0.25, 0.3) is 0 Å². The molecule has 0 radical (unpaired) electrons. The minimum atomic E-state index is 0.479. The van der Waals surface area contributed by atoms with Crippen molar-refractivity contribution in [1.29, 1.82) is 0 Å². The van der Waals surface area contributed by atoms with E-state index in [2.05, 4.69) is 13.0 Å². The lowest BCUT2D eigenvalue weighted by molar-refractivity contribution is 0.469. The highest BCUT2D eigenvalue weighted by molar-refractivity contribution is 5.43. The van der Waals surface area contributed by atoms with Gasteiger partial charge < -0.3 is 5.11 Å². The molecule has 1 heteroatoms. The molecule has 0 unspecified atom stereocenters. The van der Waals surface area contributed by atoms with Gasteiger partial charge in [-0.1, -0.05) is 19.1 Å². The summed E-state index contributed by atoms with van der Waals surface area (Å²) in [5, 5.41) is 9.45. The summed E-state index contributed by atoms with van der Waals surface area (Å²) in [7, 11) is 0. The fourth-order valence-electron chi connectivity index (χ4n) is 1.84. The Balaban J connectivity index is 2.57. The highest BCUT2D eigenvalue weighted by atomic mass is 16.3. The number of rotatable bonds is 0. The molecule has 0 aliphatic heterocycles. The molecule has 1 aliphatic carbocycles. The molecule has 0 heterocycles. The first-order chi connectivity index (χ1) is 5.29. The van der Waals surface area contributed by atoms with Gasteiger partial charge in [0.2, 0.25) is 0 Å². The summed E-state index contributed by atoms with van der Waals surface area (Å²) in [5.74, 6) is 1.11. The topological polar surface area (TPSA) is 20.2 Å². The fraction of sp³-hybridized carbons (Fsp3) is 0.400. The molecule has 0 amide bonds. The lowest BCUT2D eigenvalue weighted by Crippen LogP contribution is -1.84. The molecule has 0 saturated carbocycles. The summed E-state index contributed by atoms with van der Waals surface area (Å²) < 4.78 is 0. The van der Waals surface area contributed by atoms with E-state index in [-0.39, 0.29) is 0 Å². The zero-order chi connectivity index (χ0) is 7.84. The summed E-state index contributed by atoms with van der Waals surface area (Å²) in [5.41, 5.74) is 2.50. The van der Waals surface area contributed by atoms with Crippen LogP contribution in [0.25, 0.3) is 0 Å². The smallest absolute Gasteiger partial charge is 0.119 e. The van der Waals surface area contributed by atoms with Gasteiger partial charge in [-0.15, -0.1) is 0 Å². The quantitative estimate of drug-likeness (QED) is 0.599. The first kappa shape index (κ1) is 6.71. The van der Waals surface area contributed by atoms with Crippen LogP contribution >= 0.6 is 0 Å². The lowest BCUT2D eigenvalue weighted by atomic mass is 10.0. The molecular weight excluding hydrogens is 136 g/mol. The van der Waals surface area contributed by atoms with Crippen LogP contribution in [0.2, 0.25) is 0 Å². The van der Waals surface area contributed by atoms with Crippen molar-refractivity contribution >= 4 is 0 Å². The van der Waals surface area contributed by atoms with Crippen molar-refractivity contribution in [2.24, 2.45) is 0 Å². The summed E-state index contributed by atoms with van der Waals surface area (Å²) in [6, 6.07) is 5.82. The number of fused-ring (bicyclic) bond motifs is 1. The van der Waals surface area contributed by atoms with Crippen LogP contribution in [0.4, 0.5) is 0 Å². The average molecular weight is 148 g/mol. The van der Waals surface area contributed by atoms with Crippen LogP contribution in [0.15, 0.2) is 18.2 Å². The van der Waals surface area contributed by atoms with E-state index in [0.717, 1.165) is 6.42 Å². The third kappa shape index (κ3) is 0.917. The Morgan fingerprint density at radius 2 is 2.27 bits per heavy atom. The molecular formula is C10H12O. The normalized spacial score (nSPS) is 21.7. The van der Waals surface area contributed by atoms with Gasteiger partial charge >= 0.3 is 0 Å². The highest BCUT2D eigenvalue weighted by Gasteiger charge is 2.20. The van der Waals surface area contributed by atoms with E-state index in [1.807, 2.05) is 6.07 Å². The van der Waals surface area contributed by atoms with Crippen LogP contribution in [-0.4, -0.2) is 5.11 Å². The van der Waals surface area contributed by atoms with E-state index in [0.29, 0.717) is 11.7 Å². The third-order valence-electron chi connectivity index (χ3n) is 2.55. The van der Waals surface area contributed by atoms with Crippen LogP contribution in [0.5, 0.6) is 5.75 Å². The van der Waals surface area contributed by atoms with E-state index in [1.54, 1.807) is 6.07 Å². The number of hydrogen-bond acceptors (Lipinski definition) is 1. The summed E-state index contributed by atoms with van der Waals surface area (Å²) >= 11 is 0. The van der Waals surface area contributed by atoms with Crippen molar-refractivity contribution in [3.63, 3.8) is 0 Å². The molecule has 0 saturated heterocycles. The maximum absolute atomic E-state index is 9.45. The fourth-order valence-corrected chi connectivity index (χ4v) is 1.84. The van der Waals surface area contributed by atoms with Crippen molar-refractivity contribution in [3.8, 4) is 5.75 Å². The monoisotopic (exact) mass is 148 g/mol. The number of benzene rings is 1. The molecule has 0 aromatic heterocycles. The SMILES string of the molecule is C[C@H]1CCc2c(O)cccc21. The van der Waals surface area contributed by atoms with Crippen LogP contribution < -0.4 is 0 Å². The molecule has 0 fully saturated rings. The summed E-state index contributed by atoms with van der Waals surface area (Å²) in [4.78, 5) is 0. The van der Waals surface area contributed by atoms with Crippen LogP contribution in [0.3, 0.4) is 0 Å². The maximum atomic E-state index is 9.45. The van der Waals surface area contributed by atoms with Crippen molar-refractivity contribution in [2.45, 2.75) is 25.7 Å². The first-order valence-corrected chi connectivity index (χ1v) is 4.10. The average Bonchev–Trinajstić information content (AvgIpc) is 2.35. The van der Waals surface area contributed by atoms with Gasteiger partial charge in [0, 0.05) is 0 Å². The minimum Gasteiger partial charge on any atom is -0.508 e. The van der Waals surface area contributed by atoms with Crippen LogP contribution in [0, 0.1) is 0 Å². The Labute approximate surface area is 66.7 Å². The first-order valence-electron chi connectivity index (χ1n) is 4.10. The van der Waals surface area contributed by atoms with Gasteiger partial charge in [-0.2, -0.15) is 0 Å². The Kier molecular flexibility index (Phi) is 1.38. The van der Waals surface area contributed by atoms with Crippen molar-refractivity contribution in [3.05, 3.63) is 29.3 Å². The summed E-state index contributed by atoms with van der Waals surface area (Å²) in [6.07, 6.45) is 2.23. The molecule has 11 heavy (non-hydrogen) atoms. The number of hydrogen-bond donors (Lipinski definition) is 1. The van der Waals surface area contributed by atoms with E-state index in [4.69, 9.17) is 0 Å². The van der Waals surface area contributed by atoms with Gasteiger partial charge in [0.15, 0.2) is 0 Å². The van der Waals surface area contributed by atoms with Gasteiger partial charge in [-0.25, -0.2) is 0 Å². The summed E-state index contributed by atoms with van der Waals surface area (Å²) in [6.45, 7) is 2.21. The number of phenols is 1. The molecule has 1 aromatic rings. The molecule has 58 valence electrons. The van der Waals surface area contributed by atoms with Crippen molar-refractivity contribution in [2.75, 3.05) is 0 Å². The molecule has 0 bridgehead atoms. The Morgan fingerprint density at radius 1 is 1.45 bits per heavy atom. The van der Waals surface area contributed by atoms with Gasteiger partial charge in [0.05, 0.1) is 0 Å². The zero-order valence-electron chi connectivity index (χ0n) is 6.67. The molecule has 2 rings (SSSR count). The highest BCUT2D eigenvalue weighted by Crippen LogP contribution is 2.36. The van der Waals surface area contributed by atoms with Gasteiger partial charge in [-0.3, -0.25) is 0 Å². The van der Waals surface area contributed by atoms with E-state index in [1.165, 1.54) is 17.5 Å². The second kappa shape index (κ2) is 2.26. The molecule has 1 nitrogen and oxygen atoms in total. The van der Waals surface area contributed by atoms with Crippen molar-refractivity contribution in [1.82, 2.24) is 0 Å². The lowest BCUT2D eigenvalue weighted by Gasteiger charge is -2.03. The molecule has 1 atom stereocenters. The standard InChI is InChI=1S/C10H12O/c1-7-5-6-9-8(7)3-2-4-10(9)11/h2-4,7,11H,5-6H2,1H3/t7-/m0/s1. The Hall–Kier alpha value is -0.980. The Bertz CT molecular complexity index is 278. The van der Waals surface area contributed by atoms with E-state index in [9.17, 15) is 5.11 Å². The van der Waals surface area contributed by atoms with Gasteiger partial charge in [0.1, 0.15) is 5.75 Å². The molecule has 1 aliphatic rings. The van der Waals surface area contributed by atoms with Crippen LogP contribution in [0.1, 0.15) is 30.4 Å². The number of phenolic OH excluding ortho intramolecular Hbond substituents is 1. The maximum Gasteiger partial charge on any atom is 0.119 e. The molecule has 1 aromatic carbocycles. The van der Waals surface area contributed by atoms with Crippen LogP contribution in [-0.2, 0) is 6.42 Å². The predicted molar refractivity (Wildman–Crippen MR) is 44.8 cm³/mol. The second-order valence-electron chi connectivity index (χ2n) is 3.28. The predicted octanol–water partition coefficient (Wildman–Crippen LogP) is 2.44. The Morgan fingerprint density at radius 3 is 3.00 bits per heavy atom. The molecule has 1 N–H and O–H groups in total. The third-order valence-corrected chi connectivity index (χ3v) is 2.55.